The third kappa shape index (κ3) is 3.72. The van der Waals surface area contributed by atoms with E-state index >= 15 is 0 Å². The van der Waals surface area contributed by atoms with Gasteiger partial charge in [0, 0.05) is 28.9 Å². The molecule has 0 spiro atoms. The minimum Gasteiger partial charge on any atom is -0.267 e. The van der Waals surface area contributed by atoms with Crippen LogP contribution in [0.15, 0.2) is 90.3 Å². The zero-order valence-electron chi connectivity index (χ0n) is 14.4. The second-order valence-corrected chi connectivity index (χ2v) is 5.92. The largest absolute Gasteiger partial charge is 0.272 e. The molecule has 0 bridgehead atoms. The Morgan fingerprint density at radius 1 is 0.963 bits per heavy atom. The summed E-state index contributed by atoms with van der Waals surface area (Å²) in [4.78, 5) is 21.5. The van der Waals surface area contributed by atoms with Crippen LogP contribution < -0.4 is 5.43 Å². The van der Waals surface area contributed by atoms with Crippen LogP contribution in [0.1, 0.15) is 15.9 Å². The Labute approximate surface area is 156 Å². The molecular weight excluding hydrogens is 336 g/mol. The molecule has 2 aromatic heterocycles. The van der Waals surface area contributed by atoms with Gasteiger partial charge in [-0.2, -0.15) is 5.10 Å². The normalized spacial score (nSPS) is 11.0. The van der Waals surface area contributed by atoms with E-state index in [0.717, 1.165) is 27.7 Å². The smallest absolute Gasteiger partial charge is 0.267 e. The van der Waals surface area contributed by atoms with Crippen molar-refractivity contribution < 1.29 is 4.79 Å². The standard InChI is InChI=1S/C22H16N4O/c27-22(26-24-15-16-7-6-12-23-14-16)19-13-21(17-8-2-1-3-9-17)25-20-11-5-4-10-18(19)20/h1-15H,(H,26,27)/b24-15+. The van der Waals surface area contributed by atoms with E-state index in [4.69, 9.17) is 0 Å². The molecule has 130 valence electrons. The molecule has 0 aliphatic carbocycles. The Morgan fingerprint density at radius 2 is 1.78 bits per heavy atom. The maximum Gasteiger partial charge on any atom is 0.272 e. The van der Waals surface area contributed by atoms with Crippen LogP contribution in [0.25, 0.3) is 22.2 Å². The van der Waals surface area contributed by atoms with Crippen LogP contribution >= 0.6 is 0 Å². The van der Waals surface area contributed by atoms with Crippen LogP contribution in [0, 0.1) is 0 Å². The number of hydrogen-bond acceptors (Lipinski definition) is 4. The number of aromatic nitrogens is 2. The molecule has 0 aliphatic heterocycles. The van der Waals surface area contributed by atoms with Crippen molar-refractivity contribution in [3.63, 3.8) is 0 Å². The zero-order valence-corrected chi connectivity index (χ0v) is 14.4. The number of nitrogens with zero attached hydrogens (tertiary/aromatic N) is 3. The fourth-order valence-electron chi connectivity index (χ4n) is 2.80. The number of hydrogen-bond donors (Lipinski definition) is 1. The lowest BCUT2D eigenvalue weighted by atomic mass is 10.0. The van der Waals surface area contributed by atoms with E-state index in [1.807, 2.05) is 66.7 Å². The summed E-state index contributed by atoms with van der Waals surface area (Å²) in [5, 5.41) is 4.83. The Bertz CT molecular complexity index is 1110. The third-order valence-corrected chi connectivity index (χ3v) is 4.09. The highest BCUT2D eigenvalue weighted by Crippen LogP contribution is 2.24. The Kier molecular flexibility index (Phi) is 4.66. The molecule has 5 heteroatoms. The number of carbonyl (C=O) groups is 1. The van der Waals surface area contributed by atoms with Crippen molar-refractivity contribution in [2.75, 3.05) is 0 Å². The topological polar surface area (TPSA) is 67.2 Å². The minimum atomic E-state index is -0.286. The van der Waals surface area contributed by atoms with Gasteiger partial charge in [0.1, 0.15) is 0 Å². The van der Waals surface area contributed by atoms with Crippen LogP contribution in [0.5, 0.6) is 0 Å². The molecule has 4 aromatic rings. The Balaban J connectivity index is 1.69. The van der Waals surface area contributed by atoms with Crippen molar-refractivity contribution >= 4 is 23.0 Å². The quantitative estimate of drug-likeness (QED) is 0.445. The van der Waals surface area contributed by atoms with Gasteiger partial charge >= 0.3 is 0 Å². The first-order chi connectivity index (χ1) is 13.3. The highest BCUT2D eigenvalue weighted by atomic mass is 16.2. The highest BCUT2D eigenvalue weighted by Gasteiger charge is 2.13. The van der Waals surface area contributed by atoms with Crippen LogP contribution in [-0.2, 0) is 0 Å². The molecule has 0 saturated heterocycles. The van der Waals surface area contributed by atoms with E-state index < -0.39 is 0 Å². The summed E-state index contributed by atoms with van der Waals surface area (Å²) in [6.07, 6.45) is 4.92. The van der Waals surface area contributed by atoms with Gasteiger partial charge in [0.2, 0.25) is 0 Å². The van der Waals surface area contributed by atoms with Crippen molar-refractivity contribution in [3.05, 3.63) is 96.3 Å². The Hall–Kier alpha value is -3.86. The number of pyridine rings is 2. The molecule has 0 unspecified atom stereocenters. The molecular formula is C22H16N4O. The number of fused-ring (bicyclic) bond motifs is 1. The molecule has 0 atom stereocenters. The summed E-state index contributed by atoms with van der Waals surface area (Å²) in [7, 11) is 0. The minimum absolute atomic E-state index is 0.286. The maximum atomic E-state index is 12.8. The van der Waals surface area contributed by atoms with E-state index in [1.165, 1.54) is 0 Å². The van der Waals surface area contributed by atoms with E-state index in [0.29, 0.717) is 5.56 Å². The predicted molar refractivity (Wildman–Crippen MR) is 106 cm³/mol. The molecule has 2 heterocycles. The van der Waals surface area contributed by atoms with Gasteiger partial charge in [-0.05, 0) is 18.2 Å². The zero-order chi connectivity index (χ0) is 18.5. The van der Waals surface area contributed by atoms with E-state index in [2.05, 4.69) is 20.5 Å². The van der Waals surface area contributed by atoms with Crippen molar-refractivity contribution in [2.45, 2.75) is 0 Å². The van der Waals surface area contributed by atoms with Crippen molar-refractivity contribution in [2.24, 2.45) is 5.10 Å². The highest BCUT2D eigenvalue weighted by molar-refractivity contribution is 6.07. The predicted octanol–water partition coefficient (Wildman–Crippen LogP) is 4.06. The SMILES string of the molecule is O=C(N/N=C/c1cccnc1)c1cc(-c2ccccc2)nc2ccccc12. The van der Waals surface area contributed by atoms with Gasteiger partial charge < -0.3 is 0 Å². The maximum absolute atomic E-state index is 12.8. The van der Waals surface area contributed by atoms with Crippen molar-refractivity contribution in [3.8, 4) is 11.3 Å². The molecule has 0 fully saturated rings. The van der Waals surface area contributed by atoms with Gasteiger partial charge in [-0.3, -0.25) is 9.78 Å². The molecule has 4 rings (SSSR count). The first-order valence-electron chi connectivity index (χ1n) is 8.50. The fourth-order valence-corrected chi connectivity index (χ4v) is 2.80. The number of rotatable bonds is 4. The number of carbonyl (C=O) groups excluding carboxylic acids is 1. The van der Waals surface area contributed by atoms with E-state index in [1.54, 1.807) is 24.7 Å². The second kappa shape index (κ2) is 7.58. The van der Waals surface area contributed by atoms with E-state index in [-0.39, 0.29) is 5.91 Å². The van der Waals surface area contributed by atoms with Crippen LogP contribution in [0.4, 0.5) is 0 Å². The summed E-state index contributed by atoms with van der Waals surface area (Å²) >= 11 is 0. The molecule has 2 aromatic carbocycles. The molecule has 5 nitrogen and oxygen atoms in total. The molecule has 1 amide bonds. The van der Waals surface area contributed by atoms with Crippen LogP contribution in [-0.4, -0.2) is 22.1 Å². The number of para-hydroxylation sites is 1. The number of amides is 1. The molecule has 1 N–H and O–H groups in total. The summed E-state index contributed by atoms with van der Waals surface area (Å²) in [5.41, 5.74) is 6.40. The van der Waals surface area contributed by atoms with Gasteiger partial charge in [0.05, 0.1) is 23.0 Å². The van der Waals surface area contributed by atoms with Crippen molar-refractivity contribution in [1.82, 2.24) is 15.4 Å². The number of benzene rings is 2. The van der Waals surface area contributed by atoms with Gasteiger partial charge in [-0.1, -0.05) is 54.6 Å². The summed E-state index contributed by atoms with van der Waals surface area (Å²) in [6.45, 7) is 0. The van der Waals surface area contributed by atoms with Crippen LogP contribution in [0.2, 0.25) is 0 Å². The van der Waals surface area contributed by atoms with Gasteiger partial charge in [-0.25, -0.2) is 10.4 Å². The monoisotopic (exact) mass is 352 g/mol. The molecule has 0 aliphatic rings. The third-order valence-electron chi connectivity index (χ3n) is 4.09. The number of hydrazone groups is 1. The molecule has 0 radical (unpaired) electrons. The van der Waals surface area contributed by atoms with Gasteiger partial charge in [-0.15, -0.1) is 0 Å². The van der Waals surface area contributed by atoms with Gasteiger partial charge in [0.25, 0.3) is 5.91 Å². The lowest BCUT2D eigenvalue weighted by Crippen LogP contribution is -2.18. The van der Waals surface area contributed by atoms with E-state index in [9.17, 15) is 4.79 Å². The fraction of sp³-hybridized carbons (Fsp3) is 0. The van der Waals surface area contributed by atoms with Gasteiger partial charge in [0.15, 0.2) is 0 Å². The molecule has 0 saturated carbocycles. The summed E-state index contributed by atoms with van der Waals surface area (Å²) in [5.74, 6) is -0.286. The lowest BCUT2D eigenvalue weighted by Gasteiger charge is -2.09. The Morgan fingerprint density at radius 3 is 2.59 bits per heavy atom. The lowest BCUT2D eigenvalue weighted by molar-refractivity contribution is 0.0956. The average molecular weight is 352 g/mol. The summed E-state index contributed by atoms with van der Waals surface area (Å²) < 4.78 is 0. The van der Waals surface area contributed by atoms with Crippen LogP contribution in [0.3, 0.4) is 0 Å². The second-order valence-electron chi connectivity index (χ2n) is 5.92. The summed E-state index contributed by atoms with van der Waals surface area (Å²) in [6, 6.07) is 22.8. The molecule has 27 heavy (non-hydrogen) atoms. The first kappa shape index (κ1) is 16.6. The number of nitrogens with one attached hydrogen (secondary N) is 1. The first-order valence-corrected chi connectivity index (χ1v) is 8.50. The van der Waals surface area contributed by atoms with Crippen molar-refractivity contribution in [1.29, 1.82) is 0 Å². The average Bonchev–Trinajstić information content (AvgIpc) is 2.74.